The normalized spacial score (nSPS) is 44.9. The van der Waals surface area contributed by atoms with E-state index in [-0.39, 0.29) is 62.7 Å². The van der Waals surface area contributed by atoms with Gasteiger partial charge in [0, 0.05) is 0 Å². The average molecular weight is 674 g/mol. The summed E-state index contributed by atoms with van der Waals surface area (Å²) in [4.78, 5) is 0. The van der Waals surface area contributed by atoms with Crippen LogP contribution in [-0.4, -0.2) is 3.81 Å². The zero-order valence-electron chi connectivity index (χ0n) is 28.6. The first-order valence-electron chi connectivity index (χ1n) is 16.5. The second-order valence-electron chi connectivity index (χ2n) is 15.7. The molecule has 0 amide bonds. The van der Waals surface area contributed by atoms with Crippen molar-refractivity contribution in [2.75, 3.05) is 0 Å². The molecule has 9 unspecified atom stereocenters. The van der Waals surface area contributed by atoms with E-state index in [0.29, 0.717) is 10.1 Å². The summed E-state index contributed by atoms with van der Waals surface area (Å²) >= 11 is -2.15. The fourth-order valence-corrected chi connectivity index (χ4v) is 19.3. The van der Waals surface area contributed by atoms with E-state index in [9.17, 15) is 0 Å². The Kier molecular flexibility index (Phi) is 8.40. The van der Waals surface area contributed by atoms with Crippen LogP contribution in [0.2, 0.25) is 4.22 Å². The van der Waals surface area contributed by atoms with Crippen LogP contribution in [0.3, 0.4) is 0 Å². The van der Waals surface area contributed by atoms with Crippen LogP contribution >= 0.6 is 0 Å². The Morgan fingerprint density at radius 1 is 0.689 bits per heavy atom. The molecule has 6 aliphatic rings. The predicted octanol–water partition coefficient (Wildman–Crippen LogP) is 4.94. The SMILES string of the molecule is CC1=CC=CC2[CH](/[Ti+2]([C]3=CC=CC3)=[C](\C)c3ccccc3)C3(C)C4(C)C=CC=CC4(C)C4(C)C=CC=CC4(C)C3(C)C12C.[Cl-].[Cl-]. The Balaban J connectivity index is 0.00000200. The molecule has 0 N–H and O–H groups in total. The van der Waals surface area contributed by atoms with Crippen molar-refractivity contribution < 1.29 is 42.2 Å². The first-order chi connectivity index (χ1) is 20.3. The minimum atomic E-state index is -2.15. The maximum atomic E-state index is 2.79. The van der Waals surface area contributed by atoms with E-state index in [2.05, 4.69) is 178 Å². The van der Waals surface area contributed by atoms with Gasteiger partial charge in [0.05, 0.1) is 0 Å². The van der Waals surface area contributed by atoms with E-state index in [1.54, 1.807) is 13.3 Å². The molecule has 9 atom stereocenters. The fourth-order valence-electron chi connectivity index (χ4n) is 12.4. The molecule has 0 saturated heterocycles. The van der Waals surface area contributed by atoms with Crippen molar-refractivity contribution in [2.24, 2.45) is 43.8 Å². The summed E-state index contributed by atoms with van der Waals surface area (Å²) in [5.74, 6) is 0.474. The van der Waals surface area contributed by atoms with Crippen LogP contribution in [-0.2, 0) is 17.4 Å². The Hall–Kier alpha value is -1.70. The molecule has 0 radical (unpaired) electrons. The molecular weight excluding hydrogens is 623 g/mol. The third-order valence-electron chi connectivity index (χ3n) is 15.5. The summed E-state index contributed by atoms with van der Waals surface area (Å²) in [6, 6.07) is 11.4. The van der Waals surface area contributed by atoms with Crippen LogP contribution in [0.4, 0.5) is 0 Å². The Morgan fingerprint density at radius 2 is 1.24 bits per heavy atom. The maximum Gasteiger partial charge on any atom is -1.00 e. The minimum absolute atomic E-state index is 0. The topological polar surface area (TPSA) is 0 Å². The molecule has 0 aromatic heterocycles. The zero-order valence-corrected chi connectivity index (χ0v) is 31.7. The van der Waals surface area contributed by atoms with Gasteiger partial charge in [-0.05, 0) is 0 Å². The second-order valence-corrected chi connectivity index (χ2v) is 20.2. The van der Waals surface area contributed by atoms with E-state index in [1.807, 2.05) is 0 Å². The van der Waals surface area contributed by atoms with Gasteiger partial charge in [0.15, 0.2) is 0 Å². The molecule has 3 heteroatoms. The molecule has 0 heterocycles. The van der Waals surface area contributed by atoms with Gasteiger partial charge in [-0.3, -0.25) is 0 Å². The Bertz CT molecular complexity index is 1680. The summed E-state index contributed by atoms with van der Waals surface area (Å²) < 4.78 is 4.00. The standard InChI is InChI=1S/C29H37.C8H8.C5H5.2ClH.Ti/c1-21-14-13-15-22-20-27(6)25(4)18-10-9-16-23(25,2)24(3)17-11-12-19-26(24,5)29(27,8)28(21,22)7;1-2-8-6-4-3-5-7-8;1-2-4-5-3-1;;;/h9-20,22H,1-8H3;3-7H,1H3;1-3H,4H2;2*1H;/q;;;;;+2/p-2. The number of fused-ring (bicyclic) bond motifs is 8. The smallest absolute Gasteiger partial charge is 1.00 e. The monoisotopic (exact) mass is 672 g/mol. The molecule has 1 aromatic carbocycles. The fraction of sp³-hybridized carbons (Fsp3) is 0.452. The molecule has 45 heavy (non-hydrogen) atoms. The Labute approximate surface area is 291 Å². The molecular formula is C42H50Cl2Ti. The molecule has 0 nitrogen and oxygen atoms in total. The molecule has 0 aliphatic heterocycles. The summed E-state index contributed by atoms with van der Waals surface area (Å²) in [6.45, 7) is 23.8. The van der Waals surface area contributed by atoms with Gasteiger partial charge in [0.1, 0.15) is 0 Å². The first kappa shape index (κ1) is 34.6. The third-order valence-corrected chi connectivity index (χ3v) is 21.3. The molecule has 2 fully saturated rings. The number of hydrogen-bond donors (Lipinski definition) is 0. The number of allylic oxidation sites excluding steroid dienone is 16. The quantitative estimate of drug-likeness (QED) is 0.400. The van der Waals surface area contributed by atoms with Crippen molar-refractivity contribution in [2.45, 2.75) is 73.0 Å². The van der Waals surface area contributed by atoms with E-state index >= 15 is 0 Å². The number of rotatable bonds is 3. The third kappa shape index (κ3) is 3.59. The first-order valence-corrected chi connectivity index (χ1v) is 19.0. The molecule has 7 rings (SSSR count). The van der Waals surface area contributed by atoms with Gasteiger partial charge < -0.3 is 24.8 Å². The van der Waals surface area contributed by atoms with Gasteiger partial charge in [-0.15, -0.1) is 0 Å². The molecule has 1 aromatic rings. The van der Waals surface area contributed by atoms with Crippen molar-refractivity contribution in [1.82, 2.24) is 0 Å². The molecule has 0 bridgehead atoms. The zero-order chi connectivity index (χ0) is 30.7. The molecule has 0 spiro atoms. The largest absolute Gasteiger partial charge is 1.00 e. The Morgan fingerprint density at radius 3 is 1.82 bits per heavy atom. The molecule has 236 valence electrons. The van der Waals surface area contributed by atoms with Crippen molar-refractivity contribution in [1.29, 1.82) is 0 Å². The van der Waals surface area contributed by atoms with E-state index in [0.717, 1.165) is 6.42 Å². The number of benzene rings is 1. The number of halogens is 2. The molecule has 6 aliphatic carbocycles. The van der Waals surface area contributed by atoms with Gasteiger partial charge in [-0.25, -0.2) is 0 Å². The van der Waals surface area contributed by atoms with Crippen LogP contribution in [0.1, 0.15) is 74.3 Å². The summed E-state index contributed by atoms with van der Waals surface area (Å²) in [7, 11) is 0. The summed E-state index contributed by atoms with van der Waals surface area (Å²) in [5, 5.41) is 0. The van der Waals surface area contributed by atoms with E-state index in [1.165, 1.54) is 5.56 Å². The predicted molar refractivity (Wildman–Crippen MR) is 182 cm³/mol. The molecule has 2 saturated carbocycles. The average Bonchev–Trinajstić information content (AvgIpc) is 3.58. The van der Waals surface area contributed by atoms with Gasteiger partial charge >= 0.3 is 268 Å². The van der Waals surface area contributed by atoms with Gasteiger partial charge in [-0.1, -0.05) is 0 Å². The van der Waals surface area contributed by atoms with Crippen molar-refractivity contribution in [3.05, 3.63) is 130 Å². The maximum absolute atomic E-state index is 2.79. The minimum Gasteiger partial charge on any atom is -1.00 e. The van der Waals surface area contributed by atoms with Crippen molar-refractivity contribution >= 4 is 3.81 Å². The van der Waals surface area contributed by atoms with Crippen molar-refractivity contribution in [3.8, 4) is 0 Å². The van der Waals surface area contributed by atoms with Gasteiger partial charge in [-0.2, -0.15) is 0 Å². The van der Waals surface area contributed by atoms with Crippen LogP contribution < -0.4 is 24.8 Å². The van der Waals surface area contributed by atoms with Crippen LogP contribution in [0, 0.1) is 43.8 Å². The van der Waals surface area contributed by atoms with E-state index < -0.39 is 17.4 Å². The van der Waals surface area contributed by atoms with E-state index in [4.69, 9.17) is 0 Å². The van der Waals surface area contributed by atoms with Crippen molar-refractivity contribution in [3.63, 3.8) is 0 Å². The van der Waals surface area contributed by atoms with Crippen LogP contribution in [0.25, 0.3) is 0 Å². The van der Waals surface area contributed by atoms with Gasteiger partial charge in [0.25, 0.3) is 0 Å². The van der Waals surface area contributed by atoms with Crippen LogP contribution in [0.15, 0.2) is 125 Å². The second kappa shape index (κ2) is 10.9. The number of hydrogen-bond acceptors (Lipinski definition) is 0. The summed E-state index contributed by atoms with van der Waals surface area (Å²) in [6.07, 6.45) is 36.0. The van der Waals surface area contributed by atoms with Gasteiger partial charge in [0.2, 0.25) is 0 Å². The van der Waals surface area contributed by atoms with Crippen LogP contribution in [0.5, 0.6) is 0 Å². The summed E-state index contributed by atoms with van der Waals surface area (Å²) in [5.41, 5.74) is 2.75.